The van der Waals surface area contributed by atoms with Gasteiger partial charge in [-0.3, -0.25) is 4.99 Å². The number of sulfone groups is 1. The van der Waals surface area contributed by atoms with E-state index in [4.69, 9.17) is 0 Å². The number of rotatable bonds is 9. The third-order valence-corrected chi connectivity index (χ3v) is 4.82. The second kappa shape index (κ2) is 9.64. The quantitative estimate of drug-likeness (QED) is 0.489. The minimum absolute atomic E-state index is 0.139. The van der Waals surface area contributed by atoms with Crippen molar-refractivity contribution < 1.29 is 8.42 Å². The average molecular weight is 362 g/mol. The van der Waals surface area contributed by atoms with Crippen LogP contribution in [0.3, 0.4) is 0 Å². The minimum atomic E-state index is -2.93. The largest absolute Gasteiger partial charge is 0.357 e. The van der Waals surface area contributed by atoms with Crippen LogP contribution in [0.4, 0.5) is 0 Å². The lowest BCUT2D eigenvalue weighted by atomic mass is 9.89. The summed E-state index contributed by atoms with van der Waals surface area (Å²) >= 11 is 0. The molecule has 144 valence electrons. The Morgan fingerprint density at radius 1 is 1.12 bits per heavy atom. The van der Waals surface area contributed by atoms with Gasteiger partial charge in [-0.15, -0.1) is 0 Å². The van der Waals surface area contributed by atoms with Gasteiger partial charge in [0, 0.05) is 25.4 Å². The summed E-state index contributed by atoms with van der Waals surface area (Å²) in [5, 5.41) is 6.73. The summed E-state index contributed by atoms with van der Waals surface area (Å²) < 4.78 is 22.7. The van der Waals surface area contributed by atoms with Crippen molar-refractivity contribution in [3.8, 4) is 0 Å². The summed E-state index contributed by atoms with van der Waals surface area (Å²) in [4.78, 5) is 4.67. The molecule has 5 nitrogen and oxygen atoms in total. The Kier molecular flexibility index (Phi) is 9.32. The molecule has 0 aromatic carbocycles. The molecule has 0 aliphatic rings. The summed E-state index contributed by atoms with van der Waals surface area (Å²) in [5.41, 5.74) is 0.194. The fourth-order valence-corrected chi connectivity index (χ4v) is 3.03. The molecule has 0 fully saturated rings. The van der Waals surface area contributed by atoms with E-state index in [1.54, 1.807) is 0 Å². The maximum Gasteiger partial charge on any atom is 0.191 e. The molecule has 0 aliphatic carbocycles. The molecule has 0 aromatic heterocycles. The molecule has 0 bridgehead atoms. The average Bonchev–Trinajstić information content (AvgIpc) is 2.40. The highest BCUT2D eigenvalue weighted by Crippen LogP contribution is 2.22. The van der Waals surface area contributed by atoms with E-state index in [0.29, 0.717) is 24.4 Å². The Morgan fingerprint density at radius 2 is 1.71 bits per heavy atom. The van der Waals surface area contributed by atoms with Crippen LogP contribution in [0.15, 0.2) is 4.99 Å². The first kappa shape index (κ1) is 23.2. The number of hydrogen-bond donors (Lipinski definition) is 2. The Hall–Kier alpha value is -0.780. The van der Waals surface area contributed by atoms with E-state index in [0.717, 1.165) is 25.3 Å². The number of hydrogen-bond acceptors (Lipinski definition) is 3. The normalized spacial score (nSPS) is 15.2. The maximum atomic E-state index is 11.4. The van der Waals surface area contributed by atoms with Gasteiger partial charge in [-0.1, -0.05) is 34.6 Å². The summed E-state index contributed by atoms with van der Waals surface area (Å²) in [6.07, 6.45) is 4.15. The molecule has 0 rings (SSSR count). The summed E-state index contributed by atoms with van der Waals surface area (Å²) in [5.74, 6) is 1.02. The van der Waals surface area contributed by atoms with Gasteiger partial charge in [0.15, 0.2) is 5.96 Å². The highest BCUT2D eigenvalue weighted by Gasteiger charge is 2.20. The Morgan fingerprint density at radius 3 is 2.17 bits per heavy atom. The molecule has 6 heteroatoms. The zero-order chi connectivity index (χ0) is 19.0. The van der Waals surface area contributed by atoms with Gasteiger partial charge in [0.1, 0.15) is 9.84 Å². The minimum Gasteiger partial charge on any atom is -0.357 e. The molecular weight excluding hydrogens is 322 g/mol. The van der Waals surface area contributed by atoms with E-state index in [1.807, 2.05) is 6.92 Å². The molecule has 2 N–H and O–H groups in total. The molecule has 0 aliphatic heterocycles. The lowest BCUT2D eigenvalue weighted by molar-refractivity contribution is 0.345. The van der Waals surface area contributed by atoms with Crippen molar-refractivity contribution in [3.05, 3.63) is 0 Å². The molecule has 0 saturated carbocycles. The topological polar surface area (TPSA) is 70.6 Å². The van der Waals surface area contributed by atoms with Crippen LogP contribution in [0.25, 0.3) is 0 Å². The van der Waals surface area contributed by atoms with Gasteiger partial charge >= 0.3 is 0 Å². The number of aliphatic imine (C=N–C) groups is 1. The lowest BCUT2D eigenvalue weighted by Gasteiger charge is -2.25. The molecule has 0 radical (unpaired) electrons. The fraction of sp³-hybridized carbons (Fsp3) is 0.944. The molecule has 0 aromatic rings. The number of nitrogens with zero attached hydrogens (tertiary/aromatic N) is 1. The fourth-order valence-electron chi connectivity index (χ4n) is 2.11. The smallest absolute Gasteiger partial charge is 0.191 e. The molecular formula is C18H39N3O2S. The first-order chi connectivity index (χ1) is 10.7. The van der Waals surface area contributed by atoms with Crippen molar-refractivity contribution in [1.29, 1.82) is 0 Å². The van der Waals surface area contributed by atoms with Gasteiger partial charge in [0.2, 0.25) is 0 Å². The van der Waals surface area contributed by atoms with E-state index in [-0.39, 0.29) is 11.2 Å². The van der Waals surface area contributed by atoms with E-state index in [2.05, 4.69) is 57.2 Å². The van der Waals surface area contributed by atoms with E-state index < -0.39 is 9.84 Å². The van der Waals surface area contributed by atoms with Gasteiger partial charge < -0.3 is 10.6 Å². The Balaban J connectivity index is 4.65. The van der Waals surface area contributed by atoms with E-state index in [1.165, 1.54) is 6.26 Å². The second-order valence-electron chi connectivity index (χ2n) is 8.88. The summed E-state index contributed by atoms with van der Waals surface area (Å²) in [6, 6.07) is 0.348. The van der Waals surface area contributed by atoms with Gasteiger partial charge in [0.05, 0.1) is 5.75 Å². The molecule has 0 amide bonds. The van der Waals surface area contributed by atoms with E-state index >= 15 is 0 Å². The maximum absolute atomic E-state index is 11.4. The lowest BCUT2D eigenvalue weighted by Crippen LogP contribution is -2.43. The third kappa shape index (κ3) is 13.6. The van der Waals surface area contributed by atoms with Crippen LogP contribution in [0, 0.1) is 10.8 Å². The highest BCUT2D eigenvalue weighted by molar-refractivity contribution is 7.90. The molecule has 1 unspecified atom stereocenters. The third-order valence-electron chi connectivity index (χ3n) is 3.87. The first-order valence-electron chi connectivity index (χ1n) is 8.97. The van der Waals surface area contributed by atoms with Crippen molar-refractivity contribution in [2.24, 2.45) is 15.8 Å². The van der Waals surface area contributed by atoms with Gasteiger partial charge in [-0.2, -0.15) is 0 Å². The zero-order valence-corrected chi connectivity index (χ0v) is 17.8. The molecule has 1 atom stereocenters. The predicted octanol–water partition coefficient (Wildman–Crippen LogP) is 3.22. The van der Waals surface area contributed by atoms with Crippen molar-refractivity contribution in [1.82, 2.24) is 10.6 Å². The Labute approximate surface area is 150 Å². The SMILES string of the molecule is CCNC(=NCC(C)(C)CCS(C)(=O)=O)NC(C)CCC(C)(C)C. The molecule has 0 heterocycles. The van der Waals surface area contributed by atoms with Crippen molar-refractivity contribution in [2.75, 3.05) is 25.1 Å². The van der Waals surface area contributed by atoms with Crippen LogP contribution >= 0.6 is 0 Å². The van der Waals surface area contributed by atoms with Crippen LogP contribution in [0.5, 0.6) is 0 Å². The molecule has 24 heavy (non-hydrogen) atoms. The number of nitrogens with one attached hydrogen (secondary N) is 2. The van der Waals surface area contributed by atoms with E-state index in [9.17, 15) is 8.42 Å². The van der Waals surface area contributed by atoms with Crippen molar-refractivity contribution in [2.45, 2.75) is 73.8 Å². The van der Waals surface area contributed by atoms with Crippen molar-refractivity contribution >= 4 is 15.8 Å². The van der Waals surface area contributed by atoms with Crippen LogP contribution in [0.2, 0.25) is 0 Å². The first-order valence-corrected chi connectivity index (χ1v) is 11.0. The van der Waals surface area contributed by atoms with Crippen LogP contribution < -0.4 is 10.6 Å². The zero-order valence-electron chi connectivity index (χ0n) is 17.0. The second-order valence-corrected chi connectivity index (χ2v) is 11.1. The monoisotopic (exact) mass is 361 g/mol. The highest BCUT2D eigenvalue weighted by atomic mass is 32.2. The van der Waals surface area contributed by atoms with Crippen LogP contribution in [-0.4, -0.2) is 45.5 Å². The predicted molar refractivity (Wildman–Crippen MR) is 105 cm³/mol. The molecule has 0 saturated heterocycles. The summed E-state index contributed by atoms with van der Waals surface area (Å²) in [7, 11) is -2.93. The number of guanidine groups is 1. The standard InChI is InChI=1S/C18H39N3O2S/c1-9-19-16(21-15(2)10-11-17(3,4)5)20-14-18(6,7)12-13-24(8,22)23/h15H,9-14H2,1-8H3,(H2,19,20,21). The van der Waals surface area contributed by atoms with Gasteiger partial charge in [0.25, 0.3) is 0 Å². The Bertz CT molecular complexity index is 491. The van der Waals surface area contributed by atoms with Crippen molar-refractivity contribution in [3.63, 3.8) is 0 Å². The molecule has 0 spiro atoms. The summed E-state index contributed by atoms with van der Waals surface area (Å²) in [6.45, 7) is 16.5. The van der Waals surface area contributed by atoms with Crippen LogP contribution in [-0.2, 0) is 9.84 Å². The van der Waals surface area contributed by atoms with Gasteiger partial charge in [-0.05, 0) is 43.9 Å². The van der Waals surface area contributed by atoms with Crippen LogP contribution in [0.1, 0.15) is 67.7 Å². The van der Waals surface area contributed by atoms with Gasteiger partial charge in [-0.25, -0.2) is 8.42 Å².